The molecule has 0 radical (unpaired) electrons. The normalized spacial score (nSPS) is 31.7. The highest BCUT2D eigenvalue weighted by Crippen LogP contribution is 2.42. The largest absolute Gasteiger partial charge is 0.394 e. The van der Waals surface area contributed by atoms with Gasteiger partial charge in [0.05, 0.1) is 25.6 Å². The van der Waals surface area contributed by atoms with E-state index in [0.717, 1.165) is 22.6 Å². The first-order valence-corrected chi connectivity index (χ1v) is 14.7. The second kappa shape index (κ2) is 13.3. The smallest absolute Gasteiger partial charge is 0.194 e. The minimum absolute atomic E-state index is 0.114. The van der Waals surface area contributed by atoms with Crippen LogP contribution in [0.25, 0.3) is 22.5 Å². The van der Waals surface area contributed by atoms with Crippen molar-refractivity contribution in [3.63, 3.8) is 0 Å². The summed E-state index contributed by atoms with van der Waals surface area (Å²) < 4.78 is 54.8. The van der Waals surface area contributed by atoms with Crippen molar-refractivity contribution in [1.29, 1.82) is 0 Å². The van der Waals surface area contributed by atoms with Gasteiger partial charge in [-0.15, -0.1) is 10.2 Å². The number of hydrogen-bond acceptors (Lipinski definition) is 15. The van der Waals surface area contributed by atoms with Gasteiger partial charge >= 0.3 is 0 Å². The summed E-state index contributed by atoms with van der Waals surface area (Å²) in [5.41, 5.74) is -2.03. The number of benzene rings is 1. The molecule has 0 amide bonds. The molecule has 0 saturated carbocycles. The molecule has 2 fully saturated rings. The van der Waals surface area contributed by atoms with Crippen LogP contribution in [0.2, 0.25) is 0 Å². The molecule has 2 saturated heterocycles. The van der Waals surface area contributed by atoms with Crippen LogP contribution in [-0.4, -0.2) is 131 Å². The Hall–Kier alpha value is -3.60. The number of nitrogens with zero attached hydrogens (tertiary/aromatic N) is 8. The molecule has 2 aliphatic heterocycles. The lowest BCUT2D eigenvalue weighted by Crippen LogP contribution is -2.58. The third-order valence-corrected chi connectivity index (χ3v) is 9.05. The van der Waals surface area contributed by atoms with Gasteiger partial charge in [-0.25, -0.2) is 32.5 Å². The number of halogens is 3. The highest BCUT2D eigenvalue weighted by atomic mass is 32.2. The van der Waals surface area contributed by atoms with Gasteiger partial charge in [-0.3, -0.25) is 0 Å². The van der Waals surface area contributed by atoms with Gasteiger partial charge in [-0.05, 0) is 12.1 Å². The summed E-state index contributed by atoms with van der Waals surface area (Å²) in [5.74, 6) is -4.59. The van der Waals surface area contributed by atoms with E-state index in [4.69, 9.17) is 9.47 Å². The quantitative estimate of drug-likeness (QED) is 0.121. The van der Waals surface area contributed by atoms with Crippen molar-refractivity contribution >= 4 is 11.8 Å². The van der Waals surface area contributed by atoms with E-state index in [1.54, 1.807) is 0 Å². The summed E-state index contributed by atoms with van der Waals surface area (Å²) in [6.07, 6.45) is -1.77. The van der Waals surface area contributed by atoms with Crippen LogP contribution in [0.1, 0.15) is 12.1 Å². The number of hydrogen-bond donors (Lipinski definition) is 6. The van der Waals surface area contributed by atoms with Crippen LogP contribution in [0.15, 0.2) is 43.2 Å². The van der Waals surface area contributed by atoms with E-state index in [2.05, 4.69) is 30.6 Å². The summed E-state index contributed by atoms with van der Waals surface area (Å²) in [5, 5.41) is 80.3. The van der Waals surface area contributed by atoms with Crippen molar-refractivity contribution in [3.05, 3.63) is 60.7 Å². The molecular formula is C26H27F3N8O8S. The number of aliphatic hydroxyl groups excluding tert-OH is 6. The number of aliphatic hydroxyl groups is 6. The van der Waals surface area contributed by atoms with Crippen LogP contribution in [0.5, 0.6) is 0 Å². The lowest BCUT2D eigenvalue weighted by molar-refractivity contribution is -0.189. The minimum Gasteiger partial charge on any atom is -0.394 e. The SMILES string of the molecule is OCC1O[C@@H](S[C@@H]2O[C@H](CO)C(O)C(n3cc(-c4cncnc4)nn3)[C@H]2O)[C@@H](O)C(n2cc(-c3cc(F)c(F)c(F)c3)nn2)[C@H]1O. The molecular weight excluding hydrogens is 641 g/mol. The van der Waals surface area contributed by atoms with E-state index < -0.39 is 90.2 Å². The van der Waals surface area contributed by atoms with Crippen LogP contribution >= 0.6 is 11.8 Å². The zero-order valence-corrected chi connectivity index (χ0v) is 24.2. The number of aromatic nitrogens is 8. The Morgan fingerprint density at radius 2 is 1.15 bits per heavy atom. The second-order valence-corrected chi connectivity index (χ2v) is 11.8. The van der Waals surface area contributed by atoms with Crippen molar-refractivity contribution < 1.29 is 53.3 Å². The molecule has 0 aliphatic carbocycles. The molecule has 4 aromatic rings. The van der Waals surface area contributed by atoms with Gasteiger partial charge in [0.1, 0.15) is 77.3 Å². The standard InChI is InChI=1S/C26H27F3N8O8S/c27-12-1-10(2-13(28)18(12)29)14-5-36(34-32-14)19-21(40)16(7-38)44-25(23(19)42)46-26-24(43)20(22(41)17(8-39)45-26)37-6-15(33-35-37)11-3-30-9-31-4-11/h1-6,9,16-17,19-26,38-43H,7-8H2/t16?,17-,19?,20?,21+,22?,23+,24-,25+,26+/m1/s1. The minimum atomic E-state index is -1.67. The van der Waals surface area contributed by atoms with E-state index in [0.29, 0.717) is 23.4 Å². The lowest BCUT2D eigenvalue weighted by Gasteiger charge is -2.46. The van der Waals surface area contributed by atoms with E-state index in [1.807, 2.05) is 0 Å². The fourth-order valence-electron chi connectivity index (χ4n) is 5.36. The molecule has 246 valence electrons. The van der Waals surface area contributed by atoms with Crippen molar-refractivity contribution in [1.82, 2.24) is 40.0 Å². The molecule has 5 heterocycles. The first-order chi connectivity index (χ1) is 22.1. The summed E-state index contributed by atoms with van der Waals surface area (Å²) in [6, 6.07) is -1.13. The molecule has 1 aromatic carbocycles. The summed E-state index contributed by atoms with van der Waals surface area (Å²) in [6.45, 7) is -1.37. The first kappa shape index (κ1) is 32.3. The topological polar surface area (TPSA) is 227 Å². The predicted molar refractivity (Wildman–Crippen MR) is 148 cm³/mol. The predicted octanol–water partition coefficient (Wildman–Crippen LogP) is -1.20. The fourth-order valence-corrected chi connectivity index (χ4v) is 6.68. The molecule has 46 heavy (non-hydrogen) atoms. The average molecular weight is 669 g/mol. The molecule has 0 spiro atoms. The van der Waals surface area contributed by atoms with Crippen molar-refractivity contribution in [2.75, 3.05) is 13.2 Å². The maximum absolute atomic E-state index is 13.8. The molecule has 20 heteroatoms. The van der Waals surface area contributed by atoms with Crippen LogP contribution in [-0.2, 0) is 9.47 Å². The molecule has 6 N–H and O–H groups in total. The fraction of sp³-hybridized carbons (Fsp3) is 0.462. The summed E-state index contributed by atoms with van der Waals surface area (Å²) in [7, 11) is 0. The maximum Gasteiger partial charge on any atom is 0.194 e. The molecule has 2 aliphatic rings. The first-order valence-electron chi connectivity index (χ1n) is 13.8. The van der Waals surface area contributed by atoms with Gasteiger partial charge in [0.25, 0.3) is 0 Å². The van der Waals surface area contributed by atoms with Gasteiger partial charge in [-0.1, -0.05) is 22.2 Å². The van der Waals surface area contributed by atoms with E-state index in [1.165, 1.54) is 29.6 Å². The molecule has 16 nitrogen and oxygen atoms in total. The van der Waals surface area contributed by atoms with Crippen molar-refractivity contribution in [2.24, 2.45) is 0 Å². The molecule has 0 bridgehead atoms. The summed E-state index contributed by atoms with van der Waals surface area (Å²) in [4.78, 5) is 7.85. The zero-order valence-electron chi connectivity index (χ0n) is 23.3. The lowest BCUT2D eigenvalue weighted by atomic mass is 9.97. The van der Waals surface area contributed by atoms with Crippen molar-refractivity contribution in [2.45, 2.75) is 59.6 Å². The van der Waals surface area contributed by atoms with Crippen molar-refractivity contribution in [3.8, 4) is 22.5 Å². The highest BCUT2D eigenvalue weighted by molar-refractivity contribution is 8.00. The number of ether oxygens (including phenoxy) is 2. The molecule has 10 atom stereocenters. The van der Waals surface area contributed by atoms with Gasteiger partial charge in [0, 0.05) is 23.5 Å². The van der Waals surface area contributed by atoms with Gasteiger partial charge in [-0.2, -0.15) is 0 Å². The van der Waals surface area contributed by atoms with E-state index >= 15 is 0 Å². The third kappa shape index (κ3) is 5.98. The average Bonchev–Trinajstić information content (AvgIpc) is 3.74. The van der Waals surface area contributed by atoms with Gasteiger partial charge in [0.2, 0.25) is 0 Å². The van der Waals surface area contributed by atoms with Gasteiger partial charge in [0.15, 0.2) is 17.5 Å². The number of thioether (sulfide) groups is 1. The van der Waals surface area contributed by atoms with E-state index in [-0.39, 0.29) is 11.3 Å². The highest BCUT2D eigenvalue weighted by Gasteiger charge is 2.51. The Kier molecular flexibility index (Phi) is 9.32. The van der Waals surface area contributed by atoms with Gasteiger partial charge < -0.3 is 40.1 Å². The summed E-state index contributed by atoms with van der Waals surface area (Å²) >= 11 is 0.736. The monoisotopic (exact) mass is 668 g/mol. The Bertz CT molecular complexity index is 1630. The van der Waals surface area contributed by atoms with Crippen LogP contribution in [0.4, 0.5) is 13.2 Å². The Labute approximate surface area is 261 Å². The second-order valence-electron chi connectivity index (χ2n) is 10.6. The van der Waals surface area contributed by atoms with Crippen LogP contribution in [0.3, 0.4) is 0 Å². The van der Waals surface area contributed by atoms with Crippen LogP contribution < -0.4 is 0 Å². The third-order valence-electron chi connectivity index (χ3n) is 7.73. The molecule has 3 aromatic heterocycles. The van der Waals surface area contributed by atoms with Crippen LogP contribution in [0, 0.1) is 17.5 Å². The maximum atomic E-state index is 13.8. The Morgan fingerprint density at radius 3 is 1.61 bits per heavy atom. The molecule has 6 rings (SSSR count). The molecule has 4 unspecified atom stereocenters. The zero-order chi connectivity index (χ0) is 32.7. The Morgan fingerprint density at radius 1 is 0.696 bits per heavy atom. The number of rotatable bonds is 8. The van der Waals surface area contributed by atoms with E-state index in [9.17, 15) is 43.8 Å². The Balaban J connectivity index is 1.25.